The summed E-state index contributed by atoms with van der Waals surface area (Å²) in [5, 5.41) is 7.81. The van der Waals surface area contributed by atoms with Crippen molar-refractivity contribution in [3.8, 4) is 0 Å². The van der Waals surface area contributed by atoms with Crippen molar-refractivity contribution < 1.29 is 0 Å². The van der Waals surface area contributed by atoms with Crippen molar-refractivity contribution in [1.82, 2.24) is 15.6 Å². The van der Waals surface area contributed by atoms with Gasteiger partial charge in [0.1, 0.15) is 5.01 Å². The summed E-state index contributed by atoms with van der Waals surface area (Å²) >= 11 is 1.74. The van der Waals surface area contributed by atoms with Gasteiger partial charge in [0, 0.05) is 24.2 Å². The van der Waals surface area contributed by atoms with Crippen LogP contribution in [-0.2, 0) is 13.0 Å². The normalized spacial score (nSPS) is 12.9. The number of guanidine groups is 1. The Hall–Kier alpha value is -1.88. The van der Waals surface area contributed by atoms with Crippen molar-refractivity contribution in [3.05, 3.63) is 51.5 Å². The van der Waals surface area contributed by atoms with E-state index in [4.69, 9.17) is 0 Å². The summed E-state index contributed by atoms with van der Waals surface area (Å²) in [6.45, 7) is 10.9. The largest absolute Gasteiger partial charge is 0.357 e. The Morgan fingerprint density at radius 3 is 2.58 bits per heavy atom. The first-order valence-electron chi connectivity index (χ1n) is 8.64. The van der Waals surface area contributed by atoms with Crippen LogP contribution < -0.4 is 10.6 Å². The lowest BCUT2D eigenvalue weighted by molar-refractivity contribution is 0.699. The van der Waals surface area contributed by atoms with E-state index in [1.807, 2.05) is 6.20 Å². The lowest BCUT2D eigenvalue weighted by Crippen LogP contribution is -2.39. The van der Waals surface area contributed by atoms with Gasteiger partial charge in [0.15, 0.2) is 5.96 Å². The minimum atomic E-state index is 0.431. The highest BCUT2D eigenvalue weighted by Crippen LogP contribution is 2.15. The Morgan fingerprint density at radius 1 is 1.21 bits per heavy atom. The molecule has 4 nitrogen and oxygen atoms in total. The zero-order chi connectivity index (χ0) is 17.4. The maximum Gasteiger partial charge on any atom is 0.191 e. The topological polar surface area (TPSA) is 49.3 Å². The van der Waals surface area contributed by atoms with Gasteiger partial charge in [0.05, 0.1) is 6.54 Å². The van der Waals surface area contributed by atoms with Gasteiger partial charge < -0.3 is 10.6 Å². The van der Waals surface area contributed by atoms with E-state index in [-0.39, 0.29) is 0 Å². The predicted octanol–water partition coefficient (Wildman–Crippen LogP) is 3.87. The number of nitrogens with zero attached hydrogens (tertiary/aromatic N) is 2. The molecule has 0 aliphatic heterocycles. The lowest BCUT2D eigenvalue weighted by atomic mass is 10.0. The summed E-state index contributed by atoms with van der Waals surface area (Å²) in [6, 6.07) is 8.74. The van der Waals surface area contributed by atoms with Crippen LogP contribution in [0.5, 0.6) is 0 Å². The molecule has 1 heterocycles. The Balaban J connectivity index is 1.92. The predicted molar refractivity (Wildman–Crippen MR) is 104 cm³/mol. The average molecular weight is 345 g/mol. The van der Waals surface area contributed by atoms with E-state index in [1.165, 1.54) is 16.0 Å². The van der Waals surface area contributed by atoms with E-state index in [0.717, 1.165) is 30.5 Å². The van der Waals surface area contributed by atoms with Crippen molar-refractivity contribution >= 4 is 17.3 Å². The van der Waals surface area contributed by atoms with Gasteiger partial charge in [-0.2, -0.15) is 0 Å². The van der Waals surface area contributed by atoms with E-state index in [2.05, 4.69) is 72.6 Å². The first-order chi connectivity index (χ1) is 11.6. The lowest BCUT2D eigenvalue weighted by Gasteiger charge is -2.16. The second-order valence-electron chi connectivity index (χ2n) is 5.96. The molecule has 1 aromatic carbocycles. The van der Waals surface area contributed by atoms with Crippen LogP contribution in [0, 0.1) is 6.92 Å². The summed E-state index contributed by atoms with van der Waals surface area (Å²) < 4.78 is 0. The Kier molecular flexibility index (Phi) is 7.25. The van der Waals surface area contributed by atoms with Crippen molar-refractivity contribution in [3.63, 3.8) is 0 Å². The average Bonchev–Trinajstić information content (AvgIpc) is 3.06. The number of benzene rings is 1. The number of aliphatic imine (C=N–C) groups is 1. The first kappa shape index (κ1) is 18.5. The molecule has 0 aliphatic carbocycles. The SMILES string of the molecule is CCNC(=NCc1ncc(CC)s1)NCC(C)c1ccc(C)cc1. The molecule has 1 aromatic heterocycles. The summed E-state index contributed by atoms with van der Waals surface area (Å²) in [7, 11) is 0. The Bertz CT molecular complexity index is 646. The molecule has 1 atom stereocenters. The molecule has 2 N–H and O–H groups in total. The van der Waals surface area contributed by atoms with Crippen LogP contribution in [0.3, 0.4) is 0 Å². The molecule has 0 radical (unpaired) electrons. The summed E-state index contributed by atoms with van der Waals surface area (Å²) in [5.74, 6) is 1.28. The zero-order valence-corrected chi connectivity index (χ0v) is 15.9. The van der Waals surface area contributed by atoms with Crippen LogP contribution >= 0.6 is 11.3 Å². The first-order valence-corrected chi connectivity index (χ1v) is 9.46. The van der Waals surface area contributed by atoms with E-state index in [9.17, 15) is 0 Å². The molecule has 0 saturated carbocycles. The zero-order valence-electron chi connectivity index (χ0n) is 15.1. The fourth-order valence-corrected chi connectivity index (χ4v) is 3.12. The van der Waals surface area contributed by atoms with E-state index >= 15 is 0 Å². The Morgan fingerprint density at radius 2 is 1.96 bits per heavy atom. The van der Waals surface area contributed by atoms with Crippen LogP contribution in [0.15, 0.2) is 35.5 Å². The van der Waals surface area contributed by atoms with Crippen molar-refractivity contribution in [2.45, 2.75) is 46.6 Å². The van der Waals surface area contributed by atoms with Crippen molar-refractivity contribution in [2.75, 3.05) is 13.1 Å². The smallest absolute Gasteiger partial charge is 0.191 e. The monoisotopic (exact) mass is 344 g/mol. The molecule has 24 heavy (non-hydrogen) atoms. The molecule has 0 saturated heterocycles. The molecule has 130 valence electrons. The quantitative estimate of drug-likeness (QED) is 0.592. The molecule has 2 aromatic rings. The van der Waals surface area contributed by atoms with Crippen LogP contribution in [-0.4, -0.2) is 24.0 Å². The highest BCUT2D eigenvalue weighted by molar-refractivity contribution is 7.11. The highest BCUT2D eigenvalue weighted by Gasteiger charge is 2.07. The molecule has 5 heteroatoms. The maximum absolute atomic E-state index is 4.65. The standard InChI is InChI=1S/C19H28N4S/c1-5-17-12-21-18(24-17)13-23-19(20-6-2)22-11-15(4)16-9-7-14(3)8-10-16/h7-10,12,15H,5-6,11,13H2,1-4H3,(H2,20,22,23). The number of aryl methyl sites for hydroxylation is 2. The van der Waals surface area contributed by atoms with Crippen molar-refractivity contribution in [2.24, 2.45) is 4.99 Å². The second kappa shape index (κ2) is 9.42. The second-order valence-corrected chi connectivity index (χ2v) is 7.16. The number of nitrogens with one attached hydrogen (secondary N) is 2. The number of hydrogen-bond acceptors (Lipinski definition) is 3. The molecule has 0 fully saturated rings. The molecular formula is C19H28N4S. The molecular weight excluding hydrogens is 316 g/mol. The third-order valence-electron chi connectivity index (χ3n) is 3.89. The van der Waals surface area contributed by atoms with Crippen molar-refractivity contribution in [1.29, 1.82) is 0 Å². The van der Waals surface area contributed by atoms with Crippen LogP contribution in [0.2, 0.25) is 0 Å². The number of hydrogen-bond donors (Lipinski definition) is 2. The van der Waals surface area contributed by atoms with Gasteiger partial charge in [-0.1, -0.05) is 43.7 Å². The van der Waals surface area contributed by atoms with E-state index < -0.39 is 0 Å². The van der Waals surface area contributed by atoms with Gasteiger partial charge >= 0.3 is 0 Å². The van der Waals surface area contributed by atoms with Gasteiger partial charge in [-0.05, 0) is 31.7 Å². The maximum atomic E-state index is 4.65. The summed E-state index contributed by atoms with van der Waals surface area (Å²) in [6.07, 6.45) is 2.99. The van der Waals surface area contributed by atoms with Gasteiger partial charge in [-0.3, -0.25) is 0 Å². The number of thiazole rings is 1. The van der Waals surface area contributed by atoms with Crippen LogP contribution in [0.1, 0.15) is 47.7 Å². The van der Waals surface area contributed by atoms with Gasteiger partial charge in [0.2, 0.25) is 0 Å². The molecule has 0 amide bonds. The minimum absolute atomic E-state index is 0.431. The fourth-order valence-electron chi connectivity index (χ4n) is 2.34. The molecule has 0 bridgehead atoms. The summed E-state index contributed by atoms with van der Waals surface area (Å²) in [5.41, 5.74) is 2.64. The van der Waals surface area contributed by atoms with E-state index in [0.29, 0.717) is 12.5 Å². The number of rotatable bonds is 7. The fraction of sp³-hybridized carbons (Fsp3) is 0.474. The van der Waals surface area contributed by atoms with Gasteiger partial charge in [0.25, 0.3) is 0 Å². The van der Waals surface area contributed by atoms with Crippen LogP contribution in [0.25, 0.3) is 0 Å². The van der Waals surface area contributed by atoms with Gasteiger partial charge in [-0.15, -0.1) is 11.3 Å². The number of aromatic nitrogens is 1. The highest BCUT2D eigenvalue weighted by atomic mass is 32.1. The van der Waals surface area contributed by atoms with Crippen LogP contribution in [0.4, 0.5) is 0 Å². The van der Waals surface area contributed by atoms with Gasteiger partial charge in [-0.25, -0.2) is 9.98 Å². The minimum Gasteiger partial charge on any atom is -0.357 e. The Labute approximate surface area is 149 Å². The molecule has 1 unspecified atom stereocenters. The van der Waals surface area contributed by atoms with E-state index in [1.54, 1.807) is 11.3 Å². The third-order valence-corrected chi connectivity index (χ3v) is 5.02. The molecule has 0 spiro atoms. The summed E-state index contributed by atoms with van der Waals surface area (Å²) in [4.78, 5) is 10.4. The third kappa shape index (κ3) is 5.64. The molecule has 0 aliphatic rings. The molecule has 2 rings (SSSR count).